The lowest BCUT2D eigenvalue weighted by Crippen LogP contribution is -2.35. The Morgan fingerprint density at radius 1 is 1.30 bits per heavy atom. The maximum absolute atomic E-state index is 13.0. The van der Waals surface area contributed by atoms with Gasteiger partial charge in [0.1, 0.15) is 30.4 Å². The number of pyridine rings is 1. The first-order valence-corrected chi connectivity index (χ1v) is 12.1. The smallest absolute Gasteiger partial charge is 0.163 e. The Balaban J connectivity index is 1.58. The molecule has 2 atom stereocenters. The van der Waals surface area contributed by atoms with Crippen LogP contribution in [0.3, 0.4) is 0 Å². The van der Waals surface area contributed by atoms with Gasteiger partial charge in [0.05, 0.1) is 24.9 Å². The van der Waals surface area contributed by atoms with E-state index in [0.29, 0.717) is 34.0 Å². The number of nitrogens with zero attached hydrogens (tertiary/aromatic N) is 1. The Labute approximate surface area is 215 Å². The maximum Gasteiger partial charge on any atom is 0.163 e. The summed E-state index contributed by atoms with van der Waals surface area (Å²) >= 11 is 0. The molecule has 9 nitrogen and oxygen atoms in total. The van der Waals surface area contributed by atoms with Crippen molar-refractivity contribution < 1.29 is 34.0 Å². The van der Waals surface area contributed by atoms with Gasteiger partial charge < -0.3 is 30.2 Å². The van der Waals surface area contributed by atoms with E-state index in [4.69, 9.17) is 30.0 Å². The van der Waals surface area contributed by atoms with Crippen LogP contribution in [-0.2, 0) is 27.3 Å². The van der Waals surface area contributed by atoms with Crippen LogP contribution in [0.2, 0.25) is 0 Å². The van der Waals surface area contributed by atoms with Crippen molar-refractivity contribution in [1.82, 2.24) is 4.98 Å². The highest BCUT2D eigenvalue weighted by Crippen LogP contribution is 2.43. The van der Waals surface area contributed by atoms with Gasteiger partial charge in [0, 0.05) is 35.1 Å². The summed E-state index contributed by atoms with van der Waals surface area (Å²) in [5.74, 6) is 0.851. The number of hydrogen-bond donors (Lipinski definition) is 3. The molecule has 0 spiro atoms. The average Bonchev–Trinajstić information content (AvgIpc) is 3.20. The normalized spacial score (nSPS) is 20.2. The molecule has 1 aromatic carbocycles. The van der Waals surface area contributed by atoms with Crippen molar-refractivity contribution in [3.05, 3.63) is 70.6 Å². The second-order valence-electron chi connectivity index (χ2n) is 9.80. The number of Topliss-reactive ketones (excluding diaryl/α,β-unsaturated/α-hetero) is 1. The van der Waals surface area contributed by atoms with Crippen LogP contribution in [0.4, 0.5) is 0 Å². The number of allylic oxidation sites excluding steroid dienone is 4. The van der Waals surface area contributed by atoms with Crippen molar-refractivity contribution >= 4 is 17.1 Å². The molecule has 1 aromatic heterocycles. The molecule has 0 saturated carbocycles. The van der Waals surface area contributed by atoms with Crippen LogP contribution >= 0.6 is 0 Å². The fourth-order valence-electron chi connectivity index (χ4n) is 4.40. The zero-order valence-electron chi connectivity index (χ0n) is 21.2. The summed E-state index contributed by atoms with van der Waals surface area (Å²) in [6.45, 7) is 3.46. The Kier molecular flexibility index (Phi) is 7.61. The monoisotopic (exact) mass is 508 g/mol. The van der Waals surface area contributed by atoms with E-state index >= 15 is 0 Å². The predicted octanol–water partition coefficient (Wildman–Crippen LogP) is 2.91. The van der Waals surface area contributed by atoms with Gasteiger partial charge in [-0.05, 0) is 44.6 Å². The Bertz CT molecular complexity index is 1280. The summed E-state index contributed by atoms with van der Waals surface area (Å²) < 4.78 is 16.3. The van der Waals surface area contributed by atoms with Gasteiger partial charge in [0.25, 0.3) is 0 Å². The van der Waals surface area contributed by atoms with Crippen LogP contribution in [0.5, 0.6) is 11.5 Å². The minimum absolute atomic E-state index is 0.00257. The summed E-state index contributed by atoms with van der Waals surface area (Å²) in [5.41, 5.74) is 7.73. The van der Waals surface area contributed by atoms with E-state index in [1.807, 2.05) is 6.92 Å². The minimum Gasteiger partial charge on any atom is -0.496 e. The van der Waals surface area contributed by atoms with Crippen LogP contribution in [0.25, 0.3) is 5.57 Å². The van der Waals surface area contributed by atoms with Gasteiger partial charge in [-0.2, -0.15) is 0 Å². The molecule has 0 saturated heterocycles. The summed E-state index contributed by atoms with van der Waals surface area (Å²) in [6.07, 6.45) is 5.40. The first-order valence-electron chi connectivity index (χ1n) is 12.1. The van der Waals surface area contributed by atoms with Crippen LogP contribution < -0.4 is 15.2 Å². The van der Waals surface area contributed by atoms with Crippen LogP contribution in [0.1, 0.15) is 66.0 Å². The van der Waals surface area contributed by atoms with Crippen molar-refractivity contribution in [2.45, 2.75) is 50.9 Å². The molecule has 4 rings (SSSR count). The average molecular weight is 509 g/mol. The number of carbonyl (C=O) groups is 2. The van der Waals surface area contributed by atoms with E-state index in [-0.39, 0.29) is 44.0 Å². The van der Waals surface area contributed by atoms with Crippen molar-refractivity contribution in [2.24, 2.45) is 5.73 Å². The number of aliphatic hydroxyl groups excluding tert-OH is 1. The van der Waals surface area contributed by atoms with E-state index in [9.17, 15) is 14.7 Å². The van der Waals surface area contributed by atoms with E-state index in [1.165, 1.54) is 13.2 Å². The molecule has 2 heterocycles. The van der Waals surface area contributed by atoms with Gasteiger partial charge in [-0.1, -0.05) is 18.2 Å². The fraction of sp³-hybridized carbons (Fsp3) is 0.393. The van der Waals surface area contributed by atoms with E-state index < -0.39 is 17.9 Å². The van der Waals surface area contributed by atoms with E-state index in [1.54, 1.807) is 43.3 Å². The zero-order valence-corrected chi connectivity index (χ0v) is 21.2. The largest absolute Gasteiger partial charge is 0.496 e. The molecule has 0 amide bonds. The molecule has 0 bridgehead atoms. The lowest BCUT2D eigenvalue weighted by molar-refractivity contribution is -0.113. The maximum atomic E-state index is 13.0. The van der Waals surface area contributed by atoms with E-state index in [2.05, 4.69) is 0 Å². The SMILES string of the molecule is COc1cc(C(=O)CCC(C)(O)c2cc3c(c(C4=CCC(=O)C=C4)n2)OCC3(C)N)ccc1COCO. The van der Waals surface area contributed by atoms with Crippen molar-refractivity contribution in [2.75, 3.05) is 20.5 Å². The molecule has 2 unspecified atom stereocenters. The van der Waals surface area contributed by atoms with Crippen molar-refractivity contribution in [1.29, 1.82) is 0 Å². The summed E-state index contributed by atoms with van der Waals surface area (Å²) in [5, 5.41) is 20.3. The number of rotatable bonds is 10. The zero-order chi connectivity index (χ0) is 26.8. The van der Waals surface area contributed by atoms with Gasteiger partial charge >= 0.3 is 0 Å². The topological polar surface area (TPSA) is 141 Å². The Morgan fingerprint density at radius 2 is 2.08 bits per heavy atom. The second kappa shape index (κ2) is 10.5. The highest BCUT2D eigenvalue weighted by Gasteiger charge is 2.38. The number of aromatic nitrogens is 1. The molecule has 2 aliphatic rings. The lowest BCUT2D eigenvalue weighted by atomic mass is 9.87. The number of ketones is 2. The van der Waals surface area contributed by atoms with Gasteiger partial charge in [-0.3, -0.25) is 9.59 Å². The Hall–Kier alpha value is -3.37. The van der Waals surface area contributed by atoms with Crippen LogP contribution in [-0.4, -0.2) is 47.3 Å². The third-order valence-electron chi connectivity index (χ3n) is 6.70. The first kappa shape index (κ1) is 26.7. The van der Waals surface area contributed by atoms with Crippen LogP contribution in [0.15, 0.2) is 42.5 Å². The highest BCUT2D eigenvalue weighted by atomic mass is 16.6. The molecule has 196 valence electrons. The summed E-state index contributed by atoms with van der Waals surface area (Å²) in [4.78, 5) is 29.4. The third kappa shape index (κ3) is 5.65. The number of fused-ring (bicyclic) bond motifs is 1. The van der Waals surface area contributed by atoms with Crippen LogP contribution in [0, 0.1) is 0 Å². The predicted molar refractivity (Wildman–Crippen MR) is 136 cm³/mol. The van der Waals surface area contributed by atoms with Gasteiger partial charge in [0.15, 0.2) is 17.3 Å². The third-order valence-corrected chi connectivity index (χ3v) is 6.70. The second-order valence-corrected chi connectivity index (χ2v) is 9.80. The first-order chi connectivity index (χ1) is 17.6. The van der Waals surface area contributed by atoms with E-state index in [0.717, 1.165) is 11.1 Å². The van der Waals surface area contributed by atoms with Gasteiger partial charge in [-0.15, -0.1) is 0 Å². The Morgan fingerprint density at radius 3 is 2.76 bits per heavy atom. The quantitative estimate of drug-likeness (QED) is 0.326. The molecule has 2 aromatic rings. The number of hydrogen-bond acceptors (Lipinski definition) is 9. The lowest BCUT2D eigenvalue weighted by Gasteiger charge is -2.26. The van der Waals surface area contributed by atoms with Crippen molar-refractivity contribution in [3.63, 3.8) is 0 Å². The number of methoxy groups -OCH3 is 1. The number of benzene rings is 1. The molecule has 0 radical (unpaired) electrons. The molecular formula is C28H32N2O7. The number of nitrogens with two attached hydrogens (primary N) is 1. The van der Waals surface area contributed by atoms with Crippen molar-refractivity contribution in [3.8, 4) is 11.5 Å². The fourth-order valence-corrected chi connectivity index (χ4v) is 4.40. The summed E-state index contributed by atoms with van der Waals surface area (Å²) in [7, 11) is 1.50. The number of aliphatic hydroxyl groups is 2. The highest BCUT2D eigenvalue weighted by molar-refractivity contribution is 5.98. The molecule has 9 heteroatoms. The molecule has 4 N–H and O–H groups in total. The summed E-state index contributed by atoms with van der Waals surface area (Å²) in [6, 6.07) is 6.75. The minimum atomic E-state index is -1.44. The van der Waals surface area contributed by atoms with Gasteiger partial charge in [-0.25, -0.2) is 4.98 Å². The molecule has 37 heavy (non-hydrogen) atoms. The van der Waals surface area contributed by atoms with Gasteiger partial charge in [0.2, 0.25) is 0 Å². The molecule has 0 fully saturated rings. The standard InChI is InChI=1S/C28H32N2O7/c1-27(29)15-37-26-21(27)13-24(30-25(26)17-6-8-20(32)9-7-17)28(2,34)11-10-22(33)18-4-5-19(14-36-16-31)23(12-18)35-3/h4-8,12-13,31,34H,9-11,14-16,29H2,1-3H3. The number of ether oxygens (including phenoxy) is 3. The molecular weight excluding hydrogens is 476 g/mol. The number of carbonyl (C=O) groups excluding carboxylic acids is 2. The molecule has 1 aliphatic heterocycles. The molecule has 1 aliphatic carbocycles.